The van der Waals surface area contributed by atoms with Crippen molar-refractivity contribution in [1.29, 1.82) is 0 Å². The van der Waals surface area contributed by atoms with Crippen molar-refractivity contribution < 1.29 is 4.79 Å². The second-order valence-electron chi connectivity index (χ2n) is 4.56. The van der Waals surface area contributed by atoms with Gasteiger partial charge in [0.05, 0.1) is 6.54 Å². The molecule has 0 bridgehead atoms. The molecule has 1 N–H and O–H groups in total. The van der Waals surface area contributed by atoms with E-state index in [1.165, 1.54) is 0 Å². The third kappa shape index (κ3) is 4.56. The third-order valence-corrected chi connectivity index (χ3v) is 2.62. The SMILES string of the molecule is CC(C)NCCC(=O)N(C)Cc1nccn1C. The first-order valence-corrected chi connectivity index (χ1v) is 5.94. The second-order valence-corrected chi connectivity index (χ2v) is 4.56. The molecule has 1 rings (SSSR count). The topological polar surface area (TPSA) is 50.2 Å². The van der Waals surface area contributed by atoms with Crippen molar-refractivity contribution in [2.45, 2.75) is 32.9 Å². The minimum absolute atomic E-state index is 0.140. The number of hydrogen-bond donors (Lipinski definition) is 1. The fourth-order valence-electron chi connectivity index (χ4n) is 1.51. The molecule has 17 heavy (non-hydrogen) atoms. The molecule has 0 aliphatic rings. The summed E-state index contributed by atoms with van der Waals surface area (Å²) in [7, 11) is 3.74. The van der Waals surface area contributed by atoms with E-state index in [0.717, 1.165) is 12.4 Å². The highest BCUT2D eigenvalue weighted by molar-refractivity contribution is 5.75. The molecule has 5 nitrogen and oxygen atoms in total. The summed E-state index contributed by atoms with van der Waals surface area (Å²) in [6.07, 6.45) is 4.15. The Hall–Kier alpha value is -1.36. The van der Waals surface area contributed by atoms with Crippen LogP contribution in [0.25, 0.3) is 0 Å². The third-order valence-electron chi connectivity index (χ3n) is 2.62. The first-order valence-electron chi connectivity index (χ1n) is 5.94. The van der Waals surface area contributed by atoms with Crippen LogP contribution in [0.1, 0.15) is 26.1 Å². The predicted octanol–water partition coefficient (Wildman–Crippen LogP) is 0.767. The van der Waals surface area contributed by atoms with Gasteiger partial charge in [0, 0.05) is 45.5 Å². The van der Waals surface area contributed by atoms with Crippen molar-refractivity contribution in [3.05, 3.63) is 18.2 Å². The monoisotopic (exact) mass is 238 g/mol. The van der Waals surface area contributed by atoms with Crippen LogP contribution in [0, 0.1) is 0 Å². The van der Waals surface area contributed by atoms with Crippen molar-refractivity contribution in [2.24, 2.45) is 7.05 Å². The summed E-state index contributed by atoms with van der Waals surface area (Å²) in [6, 6.07) is 0.419. The van der Waals surface area contributed by atoms with Gasteiger partial charge in [0.2, 0.25) is 5.91 Å². The summed E-state index contributed by atoms with van der Waals surface area (Å²) >= 11 is 0. The van der Waals surface area contributed by atoms with Crippen LogP contribution in [-0.2, 0) is 18.4 Å². The summed E-state index contributed by atoms with van der Waals surface area (Å²) < 4.78 is 1.93. The zero-order chi connectivity index (χ0) is 12.8. The Balaban J connectivity index is 2.35. The van der Waals surface area contributed by atoms with E-state index in [-0.39, 0.29) is 5.91 Å². The summed E-state index contributed by atoms with van der Waals surface area (Å²) in [5, 5.41) is 3.23. The normalized spacial score (nSPS) is 10.9. The highest BCUT2D eigenvalue weighted by Gasteiger charge is 2.11. The Kier molecular flexibility index (Phi) is 5.15. The van der Waals surface area contributed by atoms with Gasteiger partial charge in [-0.3, -0.25) is 4.79 Å². The van der Waals surface area contributed by atoms with Gasteiger partial charge in [-0.1, -0.05) is 13.8 Å². The van der Waals surface area contributed by atoms with E-state index in [9.17, 15) is 4.79 Å². The quantitative estimate of drug-likeness (QED) is 0.796. The van der Waals surface area contributed by atoms with Crippen molar-refractivity contribution in [2.75, 3.05) is 13.6 Å². The highest BCUT2D eigenvalue weighted by Crippen LogP contribution is 2.01. The minimum atomic E-state index is 0.140. The van der Waals surface area contributed by atoms with E-state index in [4.69, 9.17) is 0 Å². The number of aryl methyl sites for hydroxylation is 1. The van der Waals surface area contributed by atoms with Crippen molar-refractivity contribution in [3.63, 3.8) is 0 Å². The lowest BCUT2D eigenvalue weighted by Crippen LogP contribution is -2.32. The zero-order valence-corrected chi connectivity index (χ0v) is 11.1. The molecule has 0 saturated heterocycles. The number of amides is 1. The van der Waals surface area contributed by atoms with E-state index >= 15 is 0 Å². The molecule has 0 spiro atoms. The molecule has 1 aromatic heterocycles. The molecular formula is C12H22N4O. The van der Waals surface area contributed by atoms with Gasteiger partial charge in [-0.25, -0.2) is 4.98 Å². The number of aromatic nitrogens is 2. The molecule has 0 fully saturated rings. The molecule has 1 heterocycles. The van der Waals surface area contributed by atoms with Gasteiger partial charge in [-0.05, 0) is 0 Å². The zero-order valence-electron chi connectivity index (χ0n) is 11.1. The summed E-state index contributed by atoms with van der Waals surface area (Å²) in [5.74, 6) is 1.04. The molecule has 0 radical (unpaired) electrons. The summed E-state index contributed by atoms with van der Waals surface area (Å²) in [5.41, 5.74) is 0. The van der Waals surface area contributed by atoms with Gasteiger partial charge in [0.1, 0.15) is 5.82 Å². The number of hydrogen-bond acceptors (Lipinski definition) is 3. The lowest BCUT2D eigenvalue weighted by Gasteiger charge is -2.17. The lowest BCUT2D eigenvalue weighted by molar-refractivity contribution is -0.130. The second kappa shape index (κ2) is 6.39. The van der Waals surface area contributed by atoms with Crippen LogP contribution in [0.4, 0.5) is 0 Å². The van der Waals surface area contributed by atoms with Crippen LogP contribution in [0.15, 0.2) is 12.4 Å². The lowest BCUT2D eigenvalue weighted by atomic mass is 10.3. The average molecular weight is 238 g/mol. The number of imidazole rings is 1. The Morgan fingerprint density at radius 3 is 2.82 bits per heavy atom. The molecule has 0 aliphatic heterocycles. The Morgan fingerprint density at radius 1 is 1.59 bits per heavy atom. The Bertz CT molecular complexity index is 359. The maximum atomic E-state index is 11.8. The molecule has 96 valence electrons. The number of nitrogens with one attached hydrogen (secondary N) is 1. The minimum Gasteiger partial charge on any atom is -0.338 e. The van der Waals surface area contributed by atoms with E-state index in [1.54, 1.807) is 11.1 Å². The standard InChI is InChI=1S/C12H22N4O/c1-10(2)13-6-5-12(17)16(4)9-11-14-7-8-15(11)3/h7-8,10,13H,5-6,9H2,1-4H3. The van der Waals surface area contributed by atoms with Crippen molar-refractivity contribution >= 4 is 5.91 Å². The molecule has 0 saturated carbocycles. The van der Waals surface area contributed by atoms with Gasteiger partial charge in [0.25, 0.3) is 0 Å². The van der Waals surface area contributed by atoms with Gasteiger partial charge < -0.3 is 14.8 Å². The van der Waals surface area contributed by atoms with Crippen molar-refractivity contribution in [3.8, 4) is 0 Å². The highest BCUT2D eigenvalue weighted by atomic mass is 16.2. The molecular weight excluding hydrogens is 216 g/mol. The first kappa shape index (κ1) is 13.7. The molecule has 0 aromatic carbocycles. The van der Waals surface area contributed by atoms with Gasteiger partial charge in [0.15, 0.2) is 0 Å². The van der Waals surface area contributed by atoms with Crippen LogP contribution in [0.2, 0.25) is 0 Å². The molecule has 1 amide bonds. The molecule has 5 heteroatoms. The van der Waals surface area contributed by atoms with Crippen LogP contribution in [0.3, 0.4) is 0 Å². The largest absolute Gasteiger partial charge is 0.338 e. The smallest absolute Gasteiger partial charge is 0.223 e. The van der Waals surface area contributed by atoms with Crippen molar-refractivity contribution in [1.82, 2.24) is 19.8 Å². The van der Waals surface area contributed by atoms with Crippen LogP contribution in [0.5, 0.6) is 0 Å². The van der Waals surface area contributed by atoms with Gasteiger partial charge in [-0.2, -0.15) is 0 Å². The van der Waals surface area contributed by atoms with Crippen LogP contribution >= 0.6 is 0 Å². The summed E-state index contributed by atoms with van der Waals surface area (Å²) in [4.78, 5) is 17.7. The molecule has 0 atom stereocenters. The maximum Gasteiger partial charge on any atom is 0.223 e. The fourth-order valence-corrected chi connectivity index (χ4v) is 1.51. The first-order chi connectivity index (χ1) is 8.00. The molecule has 0 aliphatic carbocycles. The van der Waals surface area contributed by atoms with Gasteiger partial charge >= 0.3 is 0 Å². The number of carbonyl (C=O) groups excluding carboxylic acids is 1. The predicted molar refractivity (Wildman–Crippen MR) is 67.4 cm³/mol. The Labute approximate surface area is 103 Å². The average Bonchev–Trinajstić information content (AvgIpc) is 2.63. The van der Waals surface area contributed by atoms with Crippen LogP contribution < -0.4 is 5.32 Å². The van der Waals surface area contributed by atoms with Crippen LogP contribution in [-0.4, -0.2) is 40.0 Å². The number of carbonyl (C=O) groups is 1. The maximum absolute atomic E-state index is 11.8. The van der Waals surface area contributed by atoms with E-state index < -0.39 is 0 Å². The van der Waals surface area contributed by atoms with Gasteiger partial charge in [-0.15, -0.1) is 0 Å². The molecule has 1 aromatic rings. The summed E-state index contributed by atoms with van der Waals surface area (Å²) in [6.45, 7) is 5.43. The van der Waals surface area contributed by atoms with E-state index in [2.05, 4.69) is 24.1 Å². The van der Waals surface area contributed by atoms with E-state index in [1.807, 2.05) is 24.9 Å². The molecule has 0 unspecified atom stereocenters. The Morgan fingerprint density at radius 2 is 2.29 bits per heavy atom. The fraction of sp³-hybridized carbons (Fsp3) is 0.667. The number of nitrogens with zero attached hydrogens (tertiary/aromatic N) is 3. The van der Waals surface area contributed by atoms with E-state index in [0.29, 0.717) is 19.0 Å². The number of rotatable bonds is 6.